The maximum absolute atomic E-state index is 9.49. The Morgan fingerprint density at radius 1 is 0.677 bits per heavy atom. The average Bonchev–Trinajstić information content (AvgIpc) is 2.81. The molecule has 1 saturated carbocycles. The summed E-state index contributed by atoms with van der Waals surface area (Å²) in [6, 6.07) is 0. The predicted molar refractivity (Wildman–Crippen MR) is 134 cm³/mol. The highest BCUT2D eigenvalue weighted by atomic mass is 16.5. The summed E-state index contributed by atoms with van der Waals surface area (Å²) in [5.74, 6) is 0.697. The first-order valence-electron chi connectivity index (χ1n) is 14.2. The van der Waals surface area contributed by atoms with Gasteiger partial charge in [-0.15, -0.1) is 0 Å². The minimum Gasteiger partial charge on any atom is -0.394 e. The molecule has 186 valence electrons. The van der Waals surface area contributed by atoms with Crippen LogP contribution < -0.4 is 0 Å². The second-order valence-electron chi connectivity index (χ2n) is 10.0. The van der Waals surface area contributed by atoms with Gasteiger partial charge in [0.1, 0.15) is 6.10 Å². The summed E-state index contributed by atoms with van der Waals surface area (Å²) in [6.07, 6.45) is 28.8. The van der Waals surface area contributed by atoms with Crippen molar-refractivity contribution in [2.45, 2.75) is 148 Å². The van der Waals surface area contributed by atoms with Crippen LogP contribution in [0, 0.1) is 5.92 Å². The van der Waals surface area contributed by atoms with Gasteiger partial charge in [0.15, 0.2) is 0 Å². The summed E-state index contributed by atoms with van der Waals surface area (Å²) < 4.78 is 11.6. The molecular weight excluding hydrogens is 384 g/mol. The minimum atomic E-state index is -0.136. The summed E-state index contributed by atoms with van der Waals surface area (Å²) in [7, 11) is 0. The Labute approximate surface area is 195 Å². The number of ether oxygens (including phenoxy) is 2. The first-order valence-corrected chi connectivity index (χ1v) is 14.2. The lowest BCUT2D eigenvalue weighted by Gasteiger charge is -2.24. The fourth-order valence-electron chi connectivity index (χ4n) is 4.75. The van der Waals surface area contributed by atoms with Crippen molar-refractivity contribution in [3.05, 3.63) is 0 Å². The molecule has 0 aliphatic heterocycles. The van der Waals surface area contributed by atoms with Crippen molar-refractivity contribution in [2.24, 2.45) is 5.92 Å². The molecule has 1 fully saturated rings. The van der Waals surface area contributed by atoms with Crippen molar-refractivity contribution >= 4 is 0 Å². The second-order valence-corrected chi connectivity index (χ2v) is 10.0. The minimum absolute atomic E-state index is 0.0751. The molecule has 0 heterocycles. The third-order valence-corrected chi connectivity index (χ3v) is 6.94. The van der Waals surface area contributed by atoms with Gasteiger partial charge < -0.3 is 14.6 Å². The number of hydrogen-bond acceptors (Lipinski definition) is 3. The van der Waals surface area contributed by atoms with Gasteiger partial charge in [-0.05, 0) is 25.2 Å². The van der Waals surface area contributed by atoms with E-state index in [4.69, 9.17) is 9.47 Å². The molecule has 1 aliphatic carbocycles. The Balaban J connectivity index is 1.75. The molecule has 0 spiro atoms. The summed E-state index contributed by atoms with van der Waals surface area (Å²) in [4.78, 5) is 0. The third-order valence-electron chi connectivity index (χ3n) is 6.94. The zero-order valence-electron chi connectivity index (χ0n) is 21.1. The highest BCUT2D eigenvalue weighted by Crippen LogP contribution is 2.24. The van der Waals surface area contributed by atoms with Gasteiger partial charge in [-0.25, -0.2) is 0 Å². The molecule has 1 N–H and O–H groups in total. The largest absolute Gasteiger partial charge is 0.394 e. The van der Waals surface area contributed by atoms with Gasteiger partial charge in [0.25, 0.3) is 0 Å². The zero-order valence-corrected chi connectivity index (χ0v) is 21.1. The first kappa shape index (κ1) is 28.9. The van der Waals surface area contributed by atoms with Crippen molar-refractivity contribution in [1.82, 2.24) is 0 Å². The van der Waals surface area contributed by atoms with Gasteiger partial charge in [-0.2, -0.15) is 0 Å². The Morgan fingerprint density at radius 3 is 1.65 bits per heavy atom. The van der Waals surface area contributed by atoms with Gasteiger partial charge >= 0.3 is 0 Å². The van der Waals surface area contributed by atoms with Gasteiger partial charge in [0.2, 0.25) is 0 Å². The van der Waals surface area contributed by atoms with E-state index in [9.17, 15) is 5.11 Å². The van der Waals surface area contributed by atoms with Crippen LogP contribution in [-0.4, -0.2) is 37.6 Å². The molecule has 1 atom stereocenters. The van der Waals surface area contributed by atoms with E-state index in [2.05, 4.69) is 6.92 Å². The molecule has 1 aliphatic rings. The maximum atomic E-state index is 9.49. The Hall–Kier alpha value is -0.120. The monoisotopic (exact) mass is 440 g/mol. The molecule has 3 heteroatoms. The van der Waals surface area contributed by atoms with Crippen LogP contribution >= 0.6 is 0 Å². The summed E-state index contributed by atoms with van der Waals surface area (Å²) in [5.41, 5.74) is 0. The fraction of sp³-hybridized carbons (Fsp3) is 1.00. The summed E-state index contributed by atoms with van der Waals surface area (Å²) in [6.45, 7) is 4.52. The zero-order chi connectivity index (χ0) is 22.2. The number of aliphatic hydroxyl groups excluding tert-OH is 1. The molecule has 0 aromatic carbocycles. The fourth-order valence-corrected chi connectivity index (χ4v) is 4.75. The molecular formula is C28H56O3. The Morgan fingerprint density at radius 2 is 1.16 bits per heavy atom. The Bertz CT molecular complexity index is 341. The van der Waals surface area contributed by atoms with Crippen molar-refractivity contribution in [3.63, 3.8) is 0 Å². The molecule has 0 aromatic heterocycles. The van der Waals surface area contributed by atoms with Crippen LogP contribution in [0.4, 0.5) is 0 Å². The van der Waals surface area contributed by atoms with Gasteiger partial charge in [0.05, 0.1) is 13.2 Å². The molecule has 0 unspecified atom stereocenters. The van der Waals surface area contributed by atoms with E-state index in [0.717, 1.165) is 19.6 Å². The smallest absolute Gasteiger partial charge is 0.104 e. The molecule has 3 nitrogen and oxygen atoms in total. The van der Waals surface area contributed by atoms with Crippen molar-refractivity contribution in [2.75, 3.05) is 26.4 Å². The lowest BCUT2D eigenvalue weighted by molar-refractivity contribution is -0.0566. The molecule has 0 saturated heterocycles. The van der Waals surface area contributed by atoms with Crippen molar-refractivity contribution in [3.8, 4) is 0 Å². The van der Waals surface area contributed by atoms with E-state index in [1.807, 2.05) is 0 Å². The molecule has 0 radical (unpaired) electrons. The molecule has 31 heavy (non-hydrogen) atoms. The summed E-state index contributed by atoms with van der Waals surface area (Å²) >= 11 is 0. The quantitative estimate of drug-likeness (QED) is 0.163. The number of unbranched alkanes of at least 4 members (excludes halogenated alkanes) is 15. The van der Waals surface area contributed by atoms with E-state index >= 15 is 0 Å². The standard InChI is InChI=1S/C28H56O3/c1-2-3-4-5-6-7-8-9-10-11-12-13-14-15-16-20-23-30-26-28(24-29)31-25-27-21-18-17-19-22-27/h27-29H,2-26H2,1H3/t28-/m0/s1. The van der Waals surface area contributed by atoms with Crippen LogP contribution in [0.2, 0.25) is 0 Å². The lowest BCUT2D eigenvalue weighted by Crippen LogP contribution is -2.27. The van der Waals surface area contributed by atoms with Crippen LogP contribution in [-0.2, 0) is 9.47 Å². The van der Waals surface area contributed by atoms with E-state index < -0.39 is 0 Å². The van der Waals surface area contributed by atoms with Crippen LogP contribution in [0.3, 0.4) is 0 Å². The predicted octanol–water partition coefficient (Wildman–Crippen LogP) is 8.22. The van der Waals surface area contributed by atoms with Crippen LogP contribution in [0.5, 0.6) is 0 Å². The molecule has 0 aromatic rings. The third kappa shape index (κ3) is 19.1. The van der Waals surface area contributed by atoms with E-state index in [0.29, 0.717) is 12.5 Å². The van der Waals surface area contributed by atoms with Gasteiger partial charge in [-0.1, -0.05) is 122 Å². The maximum Gasteiger partial charge on any atom is 0.104 e. The van der Waals surface area contributed by atoms with Crippen molar-refractivity contribution in [1.29, 1.82) is 0 Å². The topological polar surface area (TPSA) is 38.7 Å². The normalized spacial score (nSPS) is 16.1. The highest BCUT2D eigenvalue weighted by Gasteiger charge is 2.16. The van der Waals surface area contributed by atoms with Crippen molar-refractivity contribution < 1.29 is 14.6 Å². The molecule has 1 rings (SSSR count). The van der Waals surface area contributed by atoms with Crippen LogP contribution in [0.1, 0.15) is 142 Å². The number of hydrogen-bond donors (Lipinski definition) is 1. The average molecular weight is 441 g/mol. The lowest BCUT2D eigenvalue weighted by atomic mass is 9.90. The van der Waals surface area contributed by atoms with Crippen LogP contribution in [0.15, 0.2) is 0 Å². The second kappa shape index (κ2) is 23.1. The van der Waals surface area contributed by atoms with E-state index in [1.165, 1.54) is 128 Å². The van der Waals surface area contributed by atoms with E-state index in [1.54, 1.807) is 0 Å². The van der Waals surface area contributed by atoms with Crippen LogP contribution in [0.25, 0.3) is 0 Å². The van der Waals surface area contributed by atoms with Gasteiger partial charge in [-0.3, -0.25) is 0 Å². The molecule has 0 bridgehead atoms. The summed E-state index contributed by atoms with van der Waals surface area (Å²) in [5, 5.41) is 9.49. The SMILES string of the molecule is CCCCCCCCCCCCCCCCCCOC[C@H](CO)OCC1CCCCC1. The Kier molecular flexibility index (Phi) is 21.5. The number of aliphatic hydroxyl groups is 1. The first-order chi connectivity index (χ1) is 15.4. The van der Waals surface area contributed by atoms with Gasteiger partial charge in [0, 0.05) is 13.2 Å². The van der Waals surface area contributed by atoms with E-state index in [-0.39, 0.29) is 12.7 Å². The highest BCUT2D eigenvalue weighted by molar-refractivity contribution is 4.66. The number of rotatable bonds is 23. The molecule has 0 amide bonds.